The van der Waals surface area contributed by atoms with Crippen molar-refractivity contribution in [3.05, 3.63) is 54.3 Å². The van der Waals surface area contributed by atoms with Crippen LogP contribution in [0.2, 0.25) is 0 Å². The van der Waals surface area contributed by atoms with E-state index < -0.39 is 0 Å². The van der Waals surface area contributed by atoms with Gasteiger partial charge >= 0.3 is 0 Å². The molecular formula is C13H14N2O2. The summed E-state index contributed by atoms with van der Waals surface area (Å²) in [6.07, 6.45) is 8.84. The number of rotatable bonds is 5. The fourth-order valence-corrected chi connectivity index (χ4v) is 1.45. The molecule has 4 heteroatoms. The lowest BCUT2D eigenvalue weighted by molar-refractivity contribution is 0.282. The van der Waals surface area contributed by atoms with Crippen LogP contribution in [0.5, 0.6) is 0 Å². The minimum absolute atomic E-state index is 0.00670. The summed E-state index contributed by atoms with van der Waals surface area (Å²) in [7, 11) is 0. The highest BCUT2D eigenvalue weighted by atomic mass is 16.3. The zero-order valence-electron chi connectivity index (χ0n) is 9.34. The van der Waals surface area contributed by atoms with Crippen molar-refractivity contribution in [1.82, 2.24) is 4.98 Å². The van der Waals surface area contributed by atoms with Crippen LogP contribution in [-0.2, 0) is 6.61 Å². The van der Waals surface area contributed by atoms with Gasteiger partial charge in [0.05, 0.1) is 24.8 Å². The third-order valence-corrected chi connectivity index (χ3v) is 2.32. The maximum atomic E-state index is 9.12. The second kappa shape index (κ2) is 5.86. The predicted molar refractivity (Wildman–Crippen MR) is 66.4 cm³/mol. The van der Waals surface area contributed by atoms with Crippen LogP contribution in [0.1, 0.15) is 11.3 Å². The predicted octanol–water partition coefficient (Wildman–Crippen LogP) is 2.29. The summed E-state index contributed by atoms with van der Waals surface area (Å²) in [5, 5.41) is 12.3. The van der Waals surface area contributed by atoms with Crippen molar-refractivity contribution < 1.29 is 9.52 Å². The Bertz CT molecular complexity index is 478. The largest absolute Gasteiger partial charge is 0.465 e. The SMILES string of the molecule is OCc1ccncc1NC/C=C/c1ccco1. The van der Waals surface area contributed by atoms with Crippen molar-refractivity contribution >= 4 is 11.8 Å². The molecule has 4 nitrogen and oxygen atoms in total. The fourth-order valence-electron chi connectivity index (χ4n) is 1.45. The number of hydrogen-bond donors (Lipinski definition) is 2. The number of aliphatic hydroxyl groups excluding tert-OH is 1. The van der Waals surface area contributed by atoms with E-state index in [2.05, 4.69) is 10.3 Å². The zero-order chi connectivity index (χ0) is 11.9. The van der Waals surface area contributed by atoms with Gasteiger partial charge in [0.1, 0.15) is 5.76 Å². The van der Waals surface area contributed by atoms with E-state index in [0.29, 0.717) is 6.54 Å². The molecule has 0 aromatic carbocycles. The smallest absolute Gasteiger partial charge is 0.126 e. The summed E-state index contributed by atoms with van der Waals surface area (Å²) in [5.74, 6) is 0.820. The van der Waals surface area contributed by atoms with E-state index in [9.17, 15) is 0 Å². The average Bonchev–Trinajstić information content (AvgIpc) is 2.88. The molecule has 2 rings (SSSR count). The van der Waals surface area contributed by atoms with Gasteiger partial charge < -0.3 is 14.8 Å². The monoisotopic (exact) mass is 230 g/mol. The van der Waals surface area contributed by atoms with Gasteiger partial charge in [0, 0.05) is 18.3 Å². The summed E-state index contributed by atoms with van der Waals surface area (Å²) in [4.78, 5) is 4.01. The van der Waals surface area contributed by atoms with E-state index in [0.717, 1.165) is 17.0 Å². The number of pyridine rings is 1. The Balaban J connectivity index is 1.90. The minimum atomic E-state index is 0.00670. The molecule has 0 radical (unpaired) electrons. The zero-order valence-corrected chi connectivity index (χ0v) is 9.34. The highest BCUT2D eigenvalue weighted by Gasteiger charge is 1.98. The molecule has 0 aliphatic carbocycles. The third kappa shape index (κ3) is 3.19. The highest BCUT2D eigenvalue weighted by molar-refractivity contribution is 5.50. The van der Waals surface area contributed by atoms with Crippen molar-refractivity contribution in [1.29, 1.82) is 0 Å². The normalized spacial score (nSPS) is 10.9. The van der Waals surface area contributed by atoms with Gasteiger partial charge in [-0.25, -0.2) is 0 Å². The summed E-state index contributed by atoms with van der Waals surface area (Å²) in [6.45, 7) is 0.659. The van der Waals surface area contributed by atoms with E-state index in [1.807, 2.05) is 24.3 Å². The molecule has 0 spiro atoms. The quantitative estimate of drug-likeness (QED) is 0.827. The first-order valence-electron chi connectivity index (χ1n) is 5.38. The van der Waals surface area contributed by atoms with Crippen LogP contribution in [-0.4, -0.2) is 16.6 Å². The lowest BCUT2D eigenvalue weighted by Gasteiger charge is -2.06. The molecule has 2 aromatic heterocycles. The molecule has 0 saturated heterocycles. The van der Waals surface area contributed by atoms with Gasteiger partial charge in [0.15, 0.2) is 0 Å². The first-order chi connectivity index (χ1) is 8.40. The highest BCUT2D eigenvalue weighted by Crippen LogP contribution is 2.12. The number of anilines is 1. The van der Waals surface area contributed by atoms with Crippen molar-refractivity contribution in [2.24, 2.45) is 0 Å². The second-order valence-electron chi connectivity index (χ2n) is 3.49. The molecule has 0 unspecified atom stereocenters. The summed E-state index contributed by atoms with van der Waals surface area (Å²) in [5.41, 5.74) is 1.69. The van der Waals surface area contributed by atoms with Gasteiger partial charge in [-0.05, 0) is 24.3 Å². The third-order valence-electron chi connectivity index (χ3n) is 2.32. The molecule has 0 aliphatic rings. The minimum Gasteiger partial charge on any atom is -0.465 e. The summed E-state index contributed by atoms with van der Waals surface area (Å²) in [6, 6.07) is 5.52. The lowest BCUT2D eigenvalue weighted by atomic mass is 10.2. The van der Waals surface area contributed by atoms with Crippen molar-refractivity contribution in [3.63, 3.8) is 0 Å². The molecule has 0 aliphatic heterocycles. The van der Waals surface area contributed by atoms with Gasteiger partial charge in [0.25, 0.3) is 0 Å². The van der Waals surface area contributed by atoms with E-state index in [-0.39, 0.29) is 6.61 Å². The van der Waals surface area contributed by atoms with Crippen LogP contribution in [0, 0.1) is 0 Å². The first kappa shape index (κ1) is 11.4. The number of hydrogen-bond acceptors (Lipinski definition) is 4. The molecule has 0 atom stereocenters. The van der Waals surface area contributed by atoms with Gasteiger partial charge in [-0.1, -0.05) is 6.08 Å². The topological polar surface area (TPSA) is 58.3 Å². The van der Waals surface area contributed by atoms with Crippen LogP contribution in [0.15, 0.2) is 47.3 Å². The van der Waals surface area contributed by atoms with Crippen LogP contribution in [0.4, 0.5) is 5.69 Å². The van der Waals surface area contributed by atoms with E-state index in [1.54, 1.807) is 24.7 Å². The van der Waals surface area contributed by atoms with E-state index in [1.165, 1.54) is 0 Å². The van der Waals surface area contributed by atoms with Gasteiger partial charge in [-0.3, -0.25) is 4.98 Å². The second-order valence-corrected chi connectivity index (χ2v) is 3.49. The Hall–Kier alpha value is -2.07. The van der Waals surface area contributed by atoms with Crippen molar-refractivity contribution in [3.8, 4) is 0 Å². The molecule has 0 amide bonds. The number of aromatic nitrogens is 1. The Morgan fingerprint density at radius 1 is 1.41 bits per heavy atom. The van der Waals surface area contributed by atoms with Gasteiger partial charge in [-0.15, -0.1) is 0 Å². The summed E-state index contributed by atoms with van der Waals surface area (Å²) < 4.78 is 5.16. The van der Waals surface area contributed by atoms with Crippen LogP contribution >= 0.6 is 0 Å². The fraction of sp³-hybridized carbons (Fsp3) is 0.154. The number of nitrogens with one attached hydrogen (secondary N) is 1. The lowest BCUT2D eigenvalue weighted by Crippen LogP contribution is -2.02. The van der Waals surface area contributed by atoms with Gasteiger partial charge in [-0.2, -0.15) is 0 Å². The molecule has 2 heterocycles. The Morgan fingerprint density at radius 3 is 3.12 bits per heavy atom. The van der Waals surface area contributed by atoms with Crippen LogP contribution in [0.3, 0.4) is 0 Å². The number of furan rings is 1. The molecular weight excluding hydrogens is 216 g/mol. The van der Waals surface area contributed by atoms with Crippen molar-refractivity contribution in [2.45, 2.75) is 6.61 Å². The molecule has 17 heavy (non-hydrogen) atoms. The molecule has 88 valence electrons. The van der Waals surface area contributed by atoms with Crippen LogP contribution < -0.4 is 5.32 Å². The van der Waals surface area contributed by atoms with Crippen LogP contribution in [0.25, 0.3) is 6.08 Å². The van der Waals surface area contributed by atoms with E-state index >= 15 is 0 Å². The Morgan fingerprint density at radius 2 is 2.35 bits per heavy atom. The van der Waals surface area contributed by atoms with E-state index in [4.69, 9.17) is 9.52 Å². The standard InChI is InChI=1S/C13H14N2O2/c16-10-11-5-7-14-9-13(11)15-6-1-3-12-4-2-8-17-12/h1-5,7-9,15-16H,6,10H2/b3-1+. The first-order valence-corrected chi connectivity index (χ1v) is 5.38. The maximum Gasteiger partial charge on any atom is 0.126 e. The number of aliphatic hydroxyl groups is 1. The molecule has 0 saturated carbocycles. The maximum absolute atomic E-state index is 9.12. The summed E-state index contributed by atoms with van der Waals surface area (Å²) >= 11 is 0. The Kier molecular flexibility index (Phi) is 3.94. The van der Waals surface area contributed by atoms with Gasteiger partial charge in [0.2, 0.25) is 0 Å². The van der Waals surface area contributed by atoms with Crippen molar-refractivity contribution in [2.75, 3.05) is 11.9 Å². The molecule has 0 fully saturated rings. The molecule has 2 aromatic rings. The molecule has 2 N–H and O–H groups in total. The number of nitrogens with zero attached hydrogens (tertiary/aromatic N) is 1. The Labute approximate surface area is 99.6 Å². The molecule has 0 bridgehead atoms. The average molecular weight is 230 g/mol.